The van der Waals surface area contributed by atoms with Crippen molar-refractivity contribution in [3.05, 3.63) is 67.8 Å². The Kier molecular flexibility index (Phi) is 7.89. The number of nitriles is 1. The van der Waals surface area contributed by atoms with Gasteiger partial charge in [-0.25, -0.2) is 4.79 Å². The van der Waals surface area contributed by atoms with Crippen LogP contribution in [0.5, 0.6) is 5.75 Å². The summed E-state index contributed by atoms with van der Waals surface area (Å²) >= 11 is 7.25. The number of carbonyl (C=O) groups excluding carboxylic acids is 1. The number of aryl methyl sites for hydroxylation is 2. The monoisotopic (exact) mass is 655 g/mol. The van der Waals surface area contributed by atoms with E-state index in [-0.39, 0.29) is 41.4 Å². The minimum Gasteiger partial charge on any atom is -0.488 e. The lowest BCUT2D eigenvalue weighted by atomic mass is 9.93. The molecule has 5 heterocycles. The van der Waals surface area contributed by atoms with Crippen LogP contribution in [0.15, 0.2) is 40.4 Å². The van der Waals surface area contributed by atoms with Crippen LogP contribution >= 0.6 is 11.6 Å². The smallest absolute Gasteiger partial charge is 0.326 e. The van der Waals surface area contributed by atoms with E-state index < -0.39 is 0 Å². The van der Waals surface area contributed by atoms with E-state index in [1.165, 1.54) is 12.5 Å². The fourth-order valence-electron chi connectivity index (χ4n) is 7.82. The van der Waals surface area contributed by atoms with Crippen LogP contribution in [0.25, 0.3) is 33.1 Å². The number of carbonyl (C=O) groups is 1. The third kappa shape index (κ3) is 4.93. The predicted molar refractivity (Wildman–Crippen MR) is 184 cm³/mol. The molecule has 11 nitrogen and oxygen atoms in total. The summed E-state index contributed by atoms with van der Waals surface area (Å²) in [7, 11) is 1.71. The third-order valence-electron chi connectivity index (χ3n) is 10.1. The molecule has 0 spiro atoms. The van der Waals surface area contributed by atoms with Crippen LogP contribution in [0.2, 0.25) is 5.02 Å². The molecular formula is C35H38ClN7O4. The quantitative estimate of drug-likeness (QED) is 0.318. The summed E-state index contributed by atoms with van der Waals surface area (Å²) in [5.41, 5.74) is 4.12. The SMILES string of the molecule is C=CC(=O)N1CCN(c2c(C#N)c(=O)n3c4c(c(-c5c(C)ccc6[nH]c(=O)n(C)c56)c(Cl)cc24)OCC3CN2CCCCC2)[C@@H](C)C1. The number of nitrogens with one attached hydrogen (secondary N) is 1. The van der Waals surface area contributed by atoms with Crippen molar-refractivity contribution in [2.75, 3.05) is 50.8 Å². The Balaban J connectivity index is 1.52. The van der Waals surface area contributed by atoms with Gasteiger partial charge >= 0.3 is 5.69 Å². The van der Waals surface area contributed by atoms with Crippen molar-refractivity contribution in [1.29, 1.82) is 5.26 Å². The molecule has 1 N–H and O–H groups in total. The first-order chi connectivity index (χ1) is 22.6. The number of ether oxygens (including phenoxy) is 1. The maximum atomic E-state index is 14.6. The summed E-state index contributed by atoms with van der Waals surface area (Å²) in [5.74, 6) is 0.307. The number of fused-ring (bicyclic) bond motifs is 1. The first-order valence-corrected chi connectivity index (χ1v) is 16.6. The molecule has 0 aliphatic carbocycles. The predicted octanol–water partition coefficient (Wildman–Crippen LogP) is 4.32. The van der Waals surface area contributed by atoms with E-state index in [2.05, 4.69) is 22.5 Å². The zero-order chi connectivity index (χ0) is 33.1. The Hall–Kier alpha value is -4.53. The van der Waals surface area contributed by atoms with Gasteiger partial charge in [-0.05, 0) is 63.6 Å². The molecule has 0 radical (unpaired) electrons. The van der Waals surface area contributed by atoms with Crippen molar-refractivity contribution in [3.8, 4) is 22.9 Å². The Bertz CT molecular complexity index is 2120. The van der Waals surface area contributed by atoms with Gasteiger partial charge in [-0.15, -0.1) is 0 Å². The Morgan fingerprint density at radius 2 is 1.91 bits per heavy atom. The second-order valence-electron chi connectivity index (χ2n) is 13.0. The Morgan fingerprint density at radius 1 is 1.15 bits per heavy atom. The molecular weight excluding hydrogens is 618 g/mol. The average Bonchev–Trinajstić information content (AvgIpc) is 3.36. The molecule has 3 aliphatic heterocycles. The number of hydrogen-bond acceptors (Lipinski definition) is 7. The van der Waals surface area contributed by atoms with Gasteiger partial charge in [0.15, 0.2) is 5.75 Å². The van der Waals surface area contributed by atoms with E-state index in [1.807, 2.05) is 36.9 Å². The van der Waals surface area contributed by atoms with Crippen molar-refractivity contribution in [3.63, 3.8) is 0 Å². The van der Waals surface area contributed by atoms with E-state index in [9.17, 15) is 19.6 Å². The molecule has 244 valence electrons. The van der Waals surface area contributed by atoms with Crippen LogP contribution < -0.4 is 20.9 Å². The largest absolute Gasteiger partial charge is 0.488 e. The highest BCUT2D eigenvalue weighted by Gasteiger charge is 2.37. The lowest BCUT2D eigenvalue weighted by molar-refractivity contribution is -0.126. The second kappa shape index (κ2) is 11.9. The highest BCUT2D eigenvalue weighted by molar-refractivity contribution is 6.35. The number of benzene rings is 2. The van der Waals surface area contributed by atoms with Crippen LogP contribution in [0.4, 0.5) is 5.69 Å². The van der Waals surface area contributed by atoms with Crippen molar-refractivity contribution >= 4 is 45.1 Å². The molecule has 12 heteroatoms. The van der Waals surface area contributed by atoms with Gasteiger partial charge in [0, 0.05) is 55.8 Å². The molecule has 2 fully saturated rings. The van der Waals surface area contributed by atoms with Gasteiger partial charge in [0.25, 0.3) is 5.56 Å². The summed E-state index contributed by atoms with van der Waals surface area (Å²) in [6.07, 6.45) is 4.71. The number of likely N-dealkylation sites (tertiary alicyclic amines) is 1. The molecule has 0 saturated carbocycles. The van der Waals surface area contributed by atoms with Gasteiger partial charge < -0.3 is 24.4 Å². The molecule has 2 aromatic heterocycles. The first-order valence-electron chi connectivity index (χ1n) is 16.2. The number of hydrogen-bond donors (Lipinski definition) is 1. The molecule has 3 aliphatic rings. The normalized spacial score (nSPS) is 20.0. The number of piperidine rings is 1. The summed E-state index contributed by atoms with van der Waals surface area (Å²) in [4.78, 5) is 48.9. The highest BCUT2D eigenvalue weighted by Crippen LogP contribution is 2.50. The number of imidazole rings is 1. The van der Waals surface area contributed by atoms with E-state index in [4.69, 9.17) is 16.3 Å². The van der Waals surface area contributed by atoms with Gasteiger partial charge in [0.05, 0.1) is 33.3 Å². The summed E-state index contributed by atoms with van der Waals surface area (Å²) in [6, 6.07) is 7.39. The second-order valence-corrected chi connectivity index (χ2v) is 13.4. The maximum Gasteiger partial charge on any atom is 0.326 e. The average molecular weight is 656 g/mol. The lowest BCUT2D eigenvalue weighted by Gasteiger charge is -2.42. The molecule has 2 saturated heterocycles. The Morgan fingerprint density at radius 3 is 2.62 bits per heavy atom. The van der Waals surface area contributed by atoms with Crippen LogP contribution in [-0.2, 0) is 11.8 Å². The highest BCUT2D eigenvalue weighted by atomic mass is 35.5. The van der Waals surface area contributed by atoms with E-state index in [1.54, 1.807) is 21.1 Å². The molecule has 1 unspecified atom stereocenters. The van der Waals surface area contributed by atoms with Gasteiger partial charge in [-0.1, -0.05) is 30.7 Å². The number of nitrogens with zero attached hydrogens (tertiary/aromatic N) is 6. The molecule has 1 amide bonds. The number of H-pyrrole nitrogens is 1. The summed E-state index contributed by atoms with van der Waals surface area (Å²) in [6.45, 7) is 11.6. The number of anilines is 1. The van der Waals surface area contributed by atoms with Gasteiger partial charge in [-0.3, -0.25) is 18.7 Å². The molecule has 0 bridgehead atoms. The van der Waals surface area contributed by atoms with Crippen LogP contribution in [0.3, 0.4) is 0 Å². The third-order valence-corrected chi connectivity index (χ3v) is 10.4. The van der Waals surface area contributed by atoms with E-state index >= 15 is 0 Å². The zero-order valence-electron chi connectivity index (χ0n) is 26.9. The number of aromatic amines is 1. The topological polar surface area (TPSA) is 120 Å². The molecule has 47 heavy (non-hydrogen) atoms. The van der Waals surface area contributed by atoms with Crippen LogP contribution in [-0.4, -0.2) is 81.7 Å². The fraction of sp³-hybridized carbons (Fsp3) is 0.429. The number of piperazine rings is 1. The van der Waals surface area contributed by atoms with Crippen molar-refractivity contribution in [2.45, 2.75) is 45.2 Å². The van der Waals surface area contributed by atoms with Gasteiger partial charge in [-0.2, -0.15) is 5.26 Å². The fourth-order valence-corrected chi connectivity index (χ4v) is 8.11. The minimum atomic E-state index is -0.365. The van der Waals surface area contributed by atoms with E-state index in [0.717, 1.165) is 37.1 Å². The molecule has 2 aromatic carbocycles. The first kappa shape index (κ1) is 31.1. The molecule has 7 rings (SSSR count). The van der Waals surface area contributed by atoms with Crippen LogP contribution in [0.1, 0.15) is 43.4 Å². The lowest BCUT2D eigenvalue weighted by Crippen LogP contribution is -2.54. The standard InChI is InChI=1S/C35H38ClN7O4/c1-5-27(44)41-13-14-42(21(3)17-41)30-23-15-25(36)29(28-20(2)9-10-26-32(28)39(4)35(46)38-26)33-31(23)43(34(45)24(30)16-37)22(19-47-33)18-40-11-7-6-8-12-40/h5,9-10,15,21-22H,1,6-8,11-14,17-19H2,2-4H3,(H,38,46)/t21-,22?/m0/s1. The number of halogens is 1. The van der Waals surface area contributed by atoms with E-state index in [0.29, 0.717) is 70.1 Å². The minimum absolute atomic E-state index is 0.0551. The number of amides is 1. The Labute approximate surface area is 277 Å². The maximum absolute atomic E-state index is 14.6. The summed E-state index contributed by atoms with van der Waals surface area (Å²) in [5, 5.41) is 11.6. The molecule has 2 atom stereocenters. The summed E-state index contributed by atoms with van der Waals surface area (Å²) < 4.78 is 10.0. The number of pyridine rings is 1. The van der Waals surface area contributed by atoms with Gasteiger partial charge in [0.2, 0.25) is 5.91 Å². The van der Waals surface area contributed by atoms with Crippen molar-refractivity contribution in [2.24, 2.45) is 7.05 Å². The number of rotatable bonds is 5. The zero-order valence-corrected chi connectivity index (χ0v) is 27.7. The molecule has 4 aromatic rings. The number of aromatic nitrogens is 3. The van der Waals surface area contributed by atoms with Gasteiger partial charge in [0.1, 0.15) is 18.2 Å². The van der Waals surface area contributed by atoms with Crippen molar-refractivity contribution in [1.82, 2.24) is 23.9 Å². The van der Waals surface area contributed by atoms with Crippen LogP contribution in [0, 0.1) is 18.3 Å². The van der Waals surface area contributed by atoms with Crippen molar-refractivity contribution < 1.29 is 9.53 Å².